The Bertz CT molecular complexity index is 616. The van der Waals surface area contributed by atoms with Crippen LogP contribution in [-0.2, 0) is 4.74 Å². The van der Waals surface area contributed by atoms with Crippen molar-refractivity contribution in [2.24, 2.45) is 0 Å². The number of hydrogen-bond donors (Lipinski definition) is 2. The molecular formula is C18H26N4O3. The SMILES string of the molecule is CC[C@H](CN1CCCC1)NC(=O)Nc1cccc(N2CCOC2=O)c1. The number of hydrogen-bond acceptors (Lipinski definition) is 4. The molecule has 1 atom stereocenters. The molecule has 3 rings (SSSR count). The number of nitrogens with one attached hydrogen (secondary N) is 2. The molecule has 0 radical (unpaired) electrons. The van der Waals surface area contributed by atoms with E-state index in [4.69, 9.17) is 4.74 Å². The lowest BCUT2D eigenvalue weighted by Crippen LogP contribution is -2.44. The fourth-order valence-corrected chi connectivity index (χ4v) is 3.29. The number of urea groups is 1. The molecule has 25 heavy (non-hydrogen) atoms. The summed E-state index contributed by atoms with van der Waals surface area (Å²) in [6.45, 7) is 6.14. The minimum Gasteiger partial charge on any atom is -0.447 e. The summed E-state index contributed by atoms with van der Waals surface area (Å²) in [5.41, 5.74) is 1.38. The van der Waals surface area contributed by atoms with Crippen molar-refractivity contribution in [2.75, 3.05) is 43.0 Å². The quantitative estimate of drug-likeness (QED) is 0.830. The standard InChI is InChI=1S/C18H26N4O3/c1-2-14(13-21-8-3-4-9-21)19-17(23)20-15-6-5-7-16(12-15)22-10-11-25-18(22)24/h5-7,12,14H,2-4,8-11,13H2,1H3,(H2,19,20,23)/t14-/m1/s1. The predicted octanol–water partition coefficient (Wildman–Crippen LogP) is 2.64. The van der Waals surface area contributed by atoms with Crippen LogP contribution in [0.1, 0.15) is 26.2 Å². The largest absolute Gasteiger partial charge is 0.447 e. The highest BCUT2D eigenvalue weighted by atomic mass is 16.6. The first-order valence-electron chi connectivity index (χ1n) is 9.00. The van der Waals surface area contributed by atoms with Crippen molar-refractivity contribution in [2.45, 2.75) is 32.2 Å². The summed E-state index contributed by atoms with van der Waals surface area (Å²) in [6.07, 6.45) is 3.03. The van der Waals surface area contributed by atoms with E-state index >= 15 is 0 Å². The highest BCUT2D eigenvalue weighted by Crippen LogP contribution is 2.22. The molecule has 2 aliphatic heterocycles. The lowest BCUT2D eigenvalue weighted by Gasteiger charge is -2.23. The highest BCUT2D eigenvalue weighted by molar-refractivity contribution is 5.93. The minimum absolute atomic E-state index is 0.134. The van der Waals surface area contributed by atoms with Crippen molar-refractivity contribution in [3.8, 4) is 0 Å². The Morgan fingerprint density at radius 3 is 2.76 bits per heavy atom. The van der Waals surface area contributed by atoms with Gasteiger partial charge in [0.1, 0.15) is 6.61 Å². The number of cyclic esters (lactones) is 1. The molecule has 0 bridgehead atoms. The van der Waals surface area contributed by atoms with E-state index in [9.17, 15) is 9.59 Å². The summed E-state index contributed by atoms with van der Waals surface area (Å²) >= 11 is 0. The Morgan fingerprint density at radius 2 is 2.08 bits per heavy atom. The molecule has 1 aromatic carbocycles. The van der Waals surface area contributed by atoms with Crippen LogP contribution in [0.4, 0.5) is 21.0 Å². The van der Waals surface area contributed by atoms with E-state index in [0.29, 0.717) is 18.8 Å². The molecule has 1 aromatic rings. The van der Waals surface area contributed by atoms with Crippen LogP contribution in [-0.4, -0.2) is 55.9 Å². The average molecular weight is 346 g/mol. The zero-order chi connectivity index (χ0) is 17.6. The average Bonchev–Trinajstić information content (AvgIpc) is 3.26. The number of carbonyl (C=O) groups is 2. The van der Waals surface area contributed by atoms with Gasteiger partial charge in [-0.3, -0.25) is 4.90 Å². The number of ether oxygens (including phenoxy) is 1. The van der Waals surface area contributed by atoms with E-state index in [1.807, 2.05) is 18.2 Å². The normalized spacial score (nSPS) is 18.9. The van der Waals surface area contributed by atoms with Gasteiger partial charge in [0.15, 0.2) is 0 Å². The topological polar surface area (TPSA) is 73.9 Å². The van der Waals surface area contributed by atoms with Crippen molar-refractivity contribution < 1.29 is 14.3 Å². The first kappa shape index (κ1) is 17.5. The van der Waals surface area contributed by atoms with Crippen LogP contribution in [0.3, 0.4) is 0 Å². The second-order valence-corrected chi connectivity index (χ2v) is 6.53. The predicted molar refractivity (Wildman–Crippen MR) is 97.0 cm³/mol. The number of carbonyl (C=O) groups excluding carboxylic acids is 2. The molecule has 136 valence electrons. The Balaban J connectivity index is 1.55. The summed E-state index contributed by atoms with van der Waals surface area (Å²) in [6, 6.07) is 7.16. The summed E-state index contributed by atoms with van der Waals surface area (Å²) < 4.78 is 4.95. The number of anilines is 2. The molecule has 0 aliphatic carbocycles. The number of amides is 3. The summed E-state index contributed by atoms with van der Waals surface area (Å²) in [7, 11) is 0. The van der Waals surface area contributed by atoms with E-state index in [1.165, 1.54) is 12.8 Å². The number of rotatable bonds is 6. The first-order valence-corrected chi connectivity index (χ1v) is 9.00. The van der Waals surface area contributed by atoms with Crippen molar-refractivity contribution in [3.05, 3.63) is 24.3 Å². The fourth-order valence-electron chi connectivity index (χ4n) is 3.29. The second kappa shape index (κ2) is 8.20. The van der Waals surface area contributed by atoms with Crippen LogP contribution < -0.4 is 15.5 Å². The Labute approximate surface area is 148 Å². The van der Waals surface area contributed by atoms with Gasteiger partial charge in [0.05, 0.1) is 6.54 Å². The molecule has 3 amide bonds. The number of nitrogens with zero attached hydrogens (tertiary/aromatic N) is 2. The maximum absolute atomic E-state index is 12.3. The van der Waals surface area contributed by atoms with Gasteiger partial charge in [-0.15, -0.1) is 0 Å². The van der Waals surface area contributed by atoms with Gasteiger partial charge in [-0.05, 0) is 50.6 Å². The van der Waals surface area contributed by atoms with Crippen molar-refractivity contribution in [3.63, 3.8) is 0 Å². The van der Waals surface area contributed by atoms with Crippen LogP contribution in [0.5, 0.6) is 0 Å². The summed E-state index contributed by atoms with van der Waals surface area (Å²) in [4.78, 5) is 27.9. The molecule has 0 unspecified atom stereocenters. The Hall–Kier alpha value is -2.28. The molecule has 0 aromatic heterocycles. The third kappa shape index (κ3) is 4.63. The van der Waals surface area contributed by atoms with Gasteiger partial charge in [-0.25, -0.2) is 9.59 Å². The second-order valence-electron chi connectivity index (χ2n) is 6.53. The lowest BCUT2D eigenvalue weighted by atomic mass is 10.2. The van der Waals surface area contributed by atoms with E-state index in [1.54, 1.807) is 11.0 Å². The maximum Gasteiger partial charge on any atom is 0.414 e. The maximum atomic E-state index is 12.3. The van der Waals surface area contributed by atoms with Crippen molar-refractivity contribution >= 4 is 23.5 Å². The first-order chi connectivity index (χ1) is 12.2. The monoisotopic (exact) mass is 346 g/mol. The number of benzene rings is 1. The molecule has 0 spiro atoms. The zero-order valence-electron chi connectivity index (χ0n) is 14.7. The van der Waals surface area contributed by atoms with Crippen LogP contribution >= 0.6 is 0 Å². The molecule has 7 nitrogen and oxygen atoms in total. The third-order valence-electron chi connectivity index (χ3n) is 4.68. The van der Waals surface area contributed by atoms with Crippen LogP contribution in [0.25, 0.3) is 0 Å². The lowest BCUT2D eigenvalue weighted by molar-refractivity contribution is 0.181. The molecule has 2 fully saturated rings. The van der Waals surface area contributed by atoms with Gasteiger partial charge in [0, 0.05) is 24.0 Å². The molecule has 2 heterocycles. The molecule has 2 aliphatic rings. The molecular weight excluding hydrogens is 320 g/mol. The molecule has 0 saturated carbocycles. The zero-order valence-corrected chi connectivity index (χ0v) is 14.7. The summed E-state index contributed by atoms with van der Waals surface area (Å²) in [5.74, 6) is 0. The Morgan fingerprint density at radius 1 is 1.28 bits per heavy atom. The van der Waals surface area contributed by atoms with Gasteiger partial charge < -0.3 is 20.3 Å². The van der Waals surface area contributed by atoms with Crippen LogP contribution in [0.15, 0.2) is 24.3 Å². The van der Waals surface area contributed by atoms with Crippen LogP contribution in [0.2, 0.25) is 0 Å². The van der Waals surface area contributed by atoms with E-state index in [-0.39, 0.29) is 18.2 Å². The van der Waals surface area contributed by atoms with Crippen molar-refractivity contribution in [1.82, 2.24) is 10.2 Å². The molecule has 2 N–H and O–H groups in total. The summed E-state index contributed by atoms with van der Waals surface area (Å²) in [5, 5.41) is 5.91. The number of likely N-dealkylation sites (tertiary alicyclic amines) is 1. The minimum atomic E-state index is -0.349. The van der Waals surface area contributed by atoms with Gasteiger partial charge >= 0.3 is 12.1 Å². The molecule has 2 saturated heterocycles. The van der Waals surface area contributed by atoms with E-state index < -0.39 is 0 Å². The molecule has 7 heteroatoms. The van der Waals surface area contributed by atoms with Gasteiger partial charge in [-0.2, -0.15) is 0 Å². The van der Waals surface area contributed by atoms with E-state index in [0.717, 1.165) is 31.7 Å². The fraction of sp³-hybridized carbons (Fsp3) is 0.556. The van der Waals surface area contributed by atoms with Gasteiger partial charge in [0.2, 0.25) is 0 Å². The van der Waals surface area contributed by atoms with Crippen molar-refractivity contribution in [1.29, 1.82) is 0 Å². The van der Waals surface area contributed by atoms with Gasteiger partial charge in [0.25, 0.3) is 0 Å². The van der Waals surface area contributed by atoms with Gasteiger partial charge in [-0.1, -0.05) is 13.0 Å². The highest BCUT2D eigenvalue weighted by Gasteiger charge is 2.24. The smallest absolute Gasteiger partial charge is 0.414 e. The Kier molecular flexibility index (Phi) is 5.75. The van der Waals surface area contributed by atoms with Crippen LogP contribution in [0, 0.1) is 0 Å². The van der Waals surface area contributed by atoms with E-state index in [2.05, 4.69) is 22.5 Å². The third-order valence-corrected chi connectivity index (χ3v) is 4.68.